The fraction of sp³-hybridized carbons (Fsp3) is 0.278. The summed E-state index contributed by atoms with van der Waals surface area (Å²) in [5.41, 5.74) is 2.18. The maximum atomic E-state index is 13.0. The van der Waals surface area contributed by atoms with Gasteiger partial charge in [0, 0.05) is 18.3 Å². The molecule has 0 aliphatic heterocycles. The molecule has 1 heterocycles. The van der Waals surface area contributed by atoms with Crippen molar-refractivity contribution in [2.45, 2.75) is 24.7 Å². The number of tetrazole rings is 1. The van der Waals surface area contributed by atoms with Crippen LogP contribution in [0.1, 0.15) is 25.3 Å². The highest BCUT2D eigenvalue weighted by Gasteiger charge is 2.22. The zero-order valence-corrected chi connectivity index (χ0v) is 16.4. The number of nitrogens with zero attached hydrogens (tertiary/aromatic N) is 4. The average molecular weight is 387 g/mol. The Kier molecular flexibility index (Phi) is 5.13. The minimum Gasteiger partial charge on any atom is -0.495 e. The third-order valence-corrected chi connectivity index (χ3v) is 5.56. The predicted octanol–water partition coefficient (Wildman–Crippen LogP) is 2.81. The monoisotopic (exact) mass is 387 g/mol. The number of rotatable bonds is 6. The molecule has 0 radical (unpaired) electrons. The van der Waals surface area contributed by atoms with Crippen LogP contribution in [0.25, 0.3) is 11.4 Å². The van der Waals surface area contributed by atoms with E-state index in [-0.39, 0.29) is 10.6 Å². The summed E-state index contributed by atoms with van der Waals surface area (Å²) < 4.78 is 35.2. The number of hydrogen-bond donors (Lipinski definition) is 1. The largest absolute Gasteiger partial charge is 0.495 e. The Bertz CT molecular complexity index is 1040. The number of sulfonamides is 1. The van der Waals surface area contributed by atoms with Crippen LogP contribution < -0.4 is 9.46 Å². The third-order valence-electron chi connectivity index (χ3n) is 4.16. The molecule has 9 heteroatoms. The van der Waals surface area contributed by atoms with Crippen molar-refractivity contribution in [1.82, 2.24) is 20.2 Å². The van der Waals surface area contributed by atoms with E-state index in [0.29, 0.717) is 23.0 Å². The van der Waals surface area contributed by atoms with Gasteiger partial charge in [-0.2, -0.15) is 0 Å². The molecule has 27 heavy (non-hydrogen) atoms. The van der Waals surface area contributed by atoms with Crippen molar-refractivity contribution in [3.8, 4) is 17.1 Å². The van der Waals surface area contributed by atoms with Crippen LogP contribution in [0, 0.1) is 0 Å². The van der Waals surface area contributed by atoms with Gasteiger partial charge in [-0.15, -0.1) is 5.10 Å². The van der Waals surface area contributed by atoms with Gasteiger partial charge in [0.25, 0.3) is 10.0 Å². The van der Waals surface area contributed by atoms with E-state index in [9.17, 15) is 8.42 Å². The van der Waals surface area contributed by atoms with Gasteiger partial charge in [0.1, 0.15) is 10.6 Å². The summed E-state index contributed by atoms with van der Waals surface area (Å²) in [6.45, 7) is 4.16. The van der Waals surface area contributed by atoms with Gasteiger partial charge in [-0.3, -0.25) is 4.72 Å². The lowest BCUT2D eigenvalue weighted by molar-refractivity contribution is 0.403. The Morgan fingerprint density at radius 2 is 1.81 bits per heavy atom. The lowest BCUT2D eigenvalue weighted by Gasteiger charge is -2.13. The van der Waals surface area contributed by atoms with Crippen LogP contribution in [0.2, 0.25) is 0 Å². The molecule has 0 saturated heterocycles. The van der Waals surface area contributed by atoms with Crippen molar-refractivity contribution in [3.63, 3.8) is 0 Å². The fourth-order valence-electron chi connectivity index (χ4n) is 2.65. The van der Waals surface area contributed by atoms with E-state index in [1.165, 1.54) is 17.9 Å². The Morgan fingerprint density at radius 1 is 1.11 bits per heavy atom. The van der Waals surface area contributed by atoms with E-state index in [2.05, 4.69) is 34.1 Å². The molecule has 0 saturated carbocycles. The van der Waals surface area contributed by atoms with Gasteiger partial charge in [-0.25, -0.2) is 13.1 Å². The molecule has 0 spiro atoms. The molecule has 0 fully saturated rings. The van der Waals surface area contributed by atoms with E-state index < -0.39 is 10.0 Å². The SMILES string of the molecule is COc1ccc(-c2nnnn2C)cc1S(=O)(=O)Nc1ccc(C(C)C)cc1. The first-order valence-corrected chi connectivity index (χ1v) is 9.83. The Morgan fingerprint density at radius 3 is 2.37 bits per heavy atom. The molecule has 0 atom stereocenters. The van der Waals surface area contributed by atoms with Crippen molar-refractivity contribution < 1.29 is 13.2 Å². The molecule has 1 aromatic heterocycles. The maximum Gasteiger partial charge on any atom is 0.265 e. The average Bonchev–Trinajstić information content (AvgIpc) is 3.07. The first kappa shape index (κ1) is 18.8. The van der Waals surface area contributed by atoms with Crippen molar-refractivity contribution in [3.05, 3.63) is 48.0 Å². The minimum absolute atomic E-state index is 0.0124. The van der Waals surface area contributed by atoms with E-state index in [4.69, 9.17) is 4.74 Å². The van der Waals surface area contributed by atoms with Gasteiger partial charge < -0.3 is 4.74 Å². The summed E-state index contributed by atoms with van der Waals surface area (Å²) in [6, 6.07) is 12.1. The molecule has 0 unspecified atom stereocenters. The number of benzene rings is 2. The predicted molar refractivity (Wildman–Crippen MR) is 102 cm³/mol. The molecular formula is C18H21N5O3S. The first-order valence-electron chi connectivity index (χ1n) is 8.35. The van der Waals surface area contributed by atoms with Crippen LogP contribution >= 0.6 is 0 Å². The second-order valence-electron chi connectivity index (χ2n) is 6.37. The summed E-state index contributed by atoms with van der Waals surface area (Å²) in [7, 11) is -0.760. The summed E-state index contributed by atoms with van der Waals surface area (Å²) in [4.78, 5) is 0.0124. The number of ether oxygens (including phenoxy) is 1. The second-order valence-corrected chi connectivity index (χ2v) is 8.02. The van der Waals surface area contributed by atoms with Crippen molar-refractivity contribution in [1.29, 1.82) is 0 Å². The number of aryl methyl sites for hydroxylation is 1. The second kappa shape index (κ2) is 7.36. The topological polar surface area (TPSA) is 99.0 Å². The maximum absolute atomic E-state index is 13.0. The molecule has 3 aromatic rings. The molecular weight excluding hydrogens is 366 g/mol. The zero-order valence-electron chi connectivity index (χ0n) is 15.5. The number of hydrogen-bond acceptors (Lipinski definition) is 6. The standard InChI is InChI=1S/C18H21N5O3S/c1-12(2)13-5-8-15(9-6-13)20-27(24,25)17-11-14(7-10-16(17)26-4)18-19-21-22-23(18)3/h5-12,20H,1-4H3. The quantitative estimate of drug-likeness (QED) is 0.698. The summed E-state index contributed by atoms with van der Waals surface area (Å²) in [6.07, 6.45) is 0. The van der Waals surface area contributed by atoms with Gasteiger partial charge >= 0.3 is 0 Å². The molecule has 2 aromatic carbocycles. The highest BCUT2D eigenvalue weighted by atomic mass is 32.2. The minimum atomic E-state index is -3.87. The Labute approximate surface area is 158 Å². The van der Waals surface area contributed by atoms with E-state index in [0.717, 1.165) is 5.56 Å². The van der Waals surface area contributed by atoms with Crippen molar-refractivity contribution in [2.75, 3.05) is 11.8 Å². The molecule has 0 aliphatic carbocycles. The molecule has 142 valence electrons. The van der Waals surface area contributed by atoms with Crippen LogP contribution in [-0.4, -0.2) is 35.7 Å². The third kappa shape index (κ3) is 3.92. The first-order chi connectivity index (χ1) is 12.8. The van der Waals surface area contributed by atoms with Gasteiger partial charge in [-0.1, -0.05) is 26.0 Å². The molecule has 1 N–H and O–H groups in total. The molecule has 8 nitrogen and oxygen atoms in total. The number of anilines is 1. The molecule has 0 bridgehead atoms. The van der Waals surface area contributed by atoms with Crippen LogP contribution in [0.15, 0.2) is 47.4 Å². The molecule has 0 amide bonds. The van der Waals surface area contributed by atoms with Gasteiger partial charge in [0.05, 0.1) is 7.11 Å². The van der Waals surface area contributed by atoms with E-state index >= 15 is 0 Å². The Balaban J connectivity index is 1.98. The van der Waals surface area contributed by atoms with Crippen LogP contribution in [0.3, 0.4) is 0 Å². The van der Waals surface area contributed by atoms with E-state index in [1.54, 1.807) is 31.3 Å². The summed E-state index contributed by atoms with van der Waals surface area (Å²) in [5, 5.41) is 11.3. The summed E-state index contributed by atoms with van der Waals surface area (Å²) in [5.74, 6) is 1.06. The lowest BCUT2D eigenvalue weighted by atomic mass is 10.0. The number of methoxy groups -OCH3 is 1. The lowest BCUT2D eigenvalue weighted by Crippen LogP contribution is -2.14. The van der Waals surface area contributed by atoms with Crippen LogP contribution in [0.5, 0.6) is 5.75 Å². The van der Waals surface area contributed by atoms with Crippen molar-refractivity contribution >= 4 is 15.7 Å². The smallest absolute Gasteiger partial charge is 0.265 e. The van der Waals surface area contributed by atoms with E-state index in [1.807, 2.05) is 12.1 Å². The number of aromatic nitrogens is 4. The Hall–Kier alpha value is -2.94. The zero-order chi connectivity index (χ0) is 19.6. The highest BCUT2D eigenvalue weighted by Crippen LogP contribution is 2.30. The van der Waals surface area contributed by atoms with Crippen molar-refractivity contribution in [2.24, 2.45) is 7.05 Å². The van der Waals surface area contributed by atoms with Gasteiger partial charge in [0.15, 0.2) is 5.82 Å². The normalized spacial score (nSPS) is 11.6. The van der Waals surface area contributed by atoms with Gasteiger partial charge in [-0.05, 0) is 52.2 Å². The summed E-state index contributed by atoms with van der Waals surface area (Å²) >= 11 is 0. The molecule has 0 aliphatic rings. The highest BCUT2D eigenvalue weighted by molar-refractivity contribution is 7.92. The van der Waals surface area contributed by atoms with Gasteiger partial charge in [0.2, 0.25) is 0 Å². The van der Waals surface area contributed by atoms with Crippen LogP contribution in [0.4, 0.5) is 5.69 Å². The number of nitrogens with one attached hydrogen (secondary N) is 1. The van der Waals surface area contributed by atoms with Crippen LogP contribution in [-0.2, 0) is 17.1 Å². The fourth-order valence-corrected chi connectivity index (χ4v) is 3.90. The molecule has 3 rings (SSSR count).